The molecule has 2 aromatic carbocycles. The number of rotatable bonds is 7. The van der Waals surface area contributed by atoms with E-state index in [0.717, 1.165) is 37.4 Å². The molecule has 0 spiro atoms. The van der Waals surface area contributed by atoms with Crippen molar-refractivity contribution in [2.45, 2.75) is 17.9 Å². The van der Waals surface area contributed by atoms with E-state index >= 15 is 0 Å². The summed E-state index contributed by atoms with van der Waals surface area (Å²) in [5.41, 5.74) is 2.35. The molecule has 0 aliphatic carbocycles. The number of nitrogens with zero attached hydrogens (tertiary/aromatic N) is 1. The summed E-state index contributed by atoms with van der Waals surface area (Å²) in [7, 11) is -0.329. The lowest BCUT2D eigenvalue weighted by molar-refractivity contribution is 0.351. The minimum absolute atomic E-state index is 0. The molecule has 3 rings (SSSR count). The van der Waals surface area contributed by atoms with Crippen molar-refractivity contribution < 1.29 is 17.9 Å². The first-order valence-corrected chi connectivity index (χ1v) is 12.0. The lowest BCUT2D eigenvalue weighted by Gasteiger charge is -2.30. The highest BCUT2D eigenvalue weighted by Crippen LogP contribution is 2.41. The van der Waals surface area contributed by atoms with Gasteiger partial charge >= 0.3 is 0 Å². The summed E-state index contributed by atoms with van der Waals surface area (Å²) in [6.07, 6.45) is 1.22. The van der Waals surface area contributed by atoms with Crippen molar-refractivity contribution in [2.24, 2.45) is 0 Å². The molecule has 0 bridgehead atoms. The quantitative estimate of drug-likeness (QED) is 0.612. The number of anilines is 2. The molecule has 1 heterocycles. The van der Waals surface area contributed by atoms with Gasteiger partial charge in [-0.15, -0.1) is 12.4 Å². The standard InChI is InChI=1S/C21H28ClN3O4S.ClH/c1-14(16-6-7-17(22)21(29-3)20(16)28-2)24-18-13-15(25-11-9-23-10-12-25)5-8-19(18)30(4,26)27;/h5-8,13-14,23-24H,9-12H2,1-4H3;1H. The van der Waals surface area contributed by atoms with Gasteiger partial charge in [0.15, 0.2) is 21.3 Å². The number of piperazine rings is 1. The van der Waals surface area contributed by atoms with Crippen LogP contribution in [-0.4, -0.2) is 55.1 Å². The molecular weight excluding hydrogens is 461 g/mol. The fraction of sp³-hybridized carbons (Fsp3) is 0.429. The molecule has 0 amide bonds. The fourth-order valence-electron chi connectivity index (χ4n) is 3.68. The predicted molar refractivity (Wildman–Crippen MR) is 128 cm³/mol. The first-order chi connectivity index (χ1) is 14.3. The lowest BCUT2D eigenvalue weighted by Crippen LogP contribution is -2.43. The van der Waals surface area contributed by atoms with E-state index in [0.29, 0.717) is 22.2 Å². The highest BCUT2D eigenvalue weighted by Gasteiger charge is 2.22. The van der Waals surface area contributed by atoms with Crippen LogP contribution < -0.4 is 25.0 Å². The molecular formula is C21H29Cl2N3O4S. The minimum atomic E-state index is -3.41. The van der Waals surface area contributed by atoms with Gasteiger partial charge in [0.25, 0.3) is 0 Å². The molecule has 0 aromatic heterocycles. The second-order valence-corrected chi connectivity index (χ2v) is 9.65. The van der Waals surface area contributed by atoms with Crippen molar-refractivity contribution in [2.75, 3.05) is 56.9 Å². The molecule has 1 unspecified atom stereocenters. The molecule has 1 aliphatic heterocycles. The van der Waals surface area contributed by atoms with E-state index in [1.807, 2.05) is 25.1 Å². The van der Waals surface area contributed by atoms with Crippen molar-refractivity contribution in [3.8, 4) is 11.5 Å². The van der Waals surface area contributed by atoms with Gasteiger partial charge in [0.1, 0.15) is 0 Å². The molecule has 1 fully saturated rings. The number of nitrogens with one attached hydrogen (secondary N) is 2. The molecule has 7 nitrogen and oxygen atoms in total. The Hall–Kier alpha value is -1.87. The molecule has 172 valence electrons. The molecule has 1 aliphatic rings. The SMILES string of the molecule is COc1c(Cl)ccc(C(C)Nc2cc(N3CCNCC3)ccc2S(C)(=O)=O)c1OC.Cl. The summed E-state index contributed by atoms with van der Waals surface area (Å²) in [5, 5.41) is 7.13. The van der Waals surface area contributed by atoms with Crippen LogP contribution in [-0.2, 0) is 9.84 Å². The van der Waals surface area contributed by atoms with Crippen molar-refractivity contribution in [1.82, 2.24) is 5.32 Å². The molecule has 2 N–H and O–H groups in total. The number of halogens is 2. The van der Waals surface area contributed by atoms with E-state index < -0.39 is 9.84 Å². The number of hydrogen-bond donors (Lipinski definition) is 2. The molecule has 0 radical (unpaired) electrons. The second kappa shape index (κ2) is 10.6. The summed E-state index contributed by atoms with van der Waals surface area (Å²) in [6.45, 7) is 5.48. The van der Waals surface area contributed by atoms with Crippen molar-refractivity contribution in [1.29, 1.82) is 0 Å². The maximum atomic E-state index is 12.4. The monoisotopic (exact) mass is 489 g/mol. The Morgan fingerprint density at radius 3 is 2.32 bits per heavy atom. The molecule has 10 heteroatoms. The van der Waals surface area contributed by atoms with Gasteiger partial charge in [-0.1, -0.05) is 17.7 Å². The Labute approximate surface area is 195 Å². The summed E-state index contributed by atoms with van der Waals surface area (Å²) >= 11 is 6.22. The van der Waals surface area contributed by atoms with Crippen LogP contribution in [0, 0.1) is 0 Å². The van der Waals surface area contributed by atoms with Gasteiger partial charge in [-0.2, -0.15) is 0 Å². The normalized spacial score (nSPS) is 15.1. The summed E-state index contributed by atoms with van der Waals surface area (Å²) in [4.78, 5) is 2.50. The van der Waals surface area contributed by atoms with Gasteiger partial charge < -0.3 is 25.0 Å². The topological polar surface area (TPSA) is 79.9 Å². The average Bonchev–Trinajstić information content (AvgIpc) is 2.73. The van der Waals surface area contributed by atoms with E-state index in [4.69, 9.17) is 21.1 Å². The lowest BCUT2D eigenvalue weighted by atomic mass is 10.1. The van der Waals surface area contributed by atoms with Gasteiger partial charge in [-0.05, 0) is 31.2 Å². The first-order valence-electron chi connectivity index (χ1n) is 9.73. The smallest absolute Gasteiger partial charge is 0.179 e. The molecule has 1 saturated heterocycles. The Morgan fingerprint density at radius 1 is 1.10 bits per heavy atom. The largest absolute Gasteiger partial charge is 0.492 e. The van der Waals surface area contributed by atoms with Crippen LogP contribution in [0.5, 0.6) is 11.5 Å². The Kier molecular flexibility index (Phi) is 8.71. The highest BCUT2D eigenvalue weighted by molar-refractivity contribution is 7.90. The van der Waals surface area contributed by atoms with E-state index in [1.54, 1.807) is 19.2 Å². The fourth-order valence-corrected chi connectivity index (χ4v) is 4.74. The maximum absolute atomic E-state index is 12.4. The third-order valence-electron chi connectivity index (χ3n) is 5.19. The molecule has 1 atom stereocenters. The van der Waals surface area contributed by atoms with Crippen molar-refractivity contribution in [3.05, 3.63) is 40.9 Å². The van der Waals surface area contributed by atoms with Crippen LogP contribution in [0.25, 0.3) is 0 Å². The van der Waals surface area contributed by atoms with E-state index in [-0.39, 0.29) is 23.3 Å². The van der Waals surface area contributed by atoms with Crippen LogP contribution in [0.1, 0.15) is 18.5 Å². The summed E-state index contributed by atoms with van der Waals surface area (Å²) in [5.74, 6) is 0.965. The van der Waals surface area contributed by atoms with Gasteiger partial charge in [-0.25, -0.2) is 8.42 Å². The van der Waals surface area contributed by atoms with Gasteiger partial charge in [0.05, 0.1) is 35.9 Å². The zero-order chi connectivity index (χ0) is 21.9. The minimum Gasteiger partial charge on any atom is -0.492 e. The molecule has 0 saturated carbocycles. The number of hydrogen-bond acceptors (Lipinski definition) is 7. The highest BCUT2D eigenvalue weighted by atomic mass is 35.5. The Morgan fingerprint density at radius 2 is 1.74 bits per heavy atom. The van der Waals surface area contributed by atoms with Crippen LogP contribution >= 0.6 is 24.0 Å². The second-order valence-electron chi connectivity index (χ2n) is 7.26. The number of benzene rings is 2. The number of methoxy groups -OCH3 is 2. The Balaban J connectivity index is 0.00000341. The van der Waals surface area contributed by atoms with Gasteiger partial charge in [-0.3, -0.25) is 0 Å². The van der Waals surface area contributed by atoms with Crippen molar-refractivity contribution in [3.63, 3.8) is 0 Å². The van der Waals surface area contributed by atoms with Crippen LogP contribution in [0.2, 0.25) is 5.02 Å². The zero-order valence-corrected chi connectivity index (χ0v) is 20.5. The molecule has 31 heavy (non-hydrogen) atoms. The zero-order valence-electron chi connectivity index (χ0n) is 18.1. The Bertz CT molecular complexity index is 1010. The third kappa shape index (κ3) is 5.68. The van der Waals surface area contributed by atoms with Crippen LogP contribution in [0.4, 0.5) is 11.4 Å². The summed E-state index contributed by atoms with van der Waals surface area (Å²) < 4.78 is 35.7. The van der Waals surface area contributed by atoms with Crippen LogP contribution in [0.15, 0.2) is 35.2 Å². The van der Waals surface area contributed by atoms with Gasteiger partial charge in [0.2, 0.25) is 0 Å². The van der Waals surface area contributed by atoms with Gasteiger partial charge in [0, 0.05) is 43.7 Å². The van der Waals surface area contributed by atoms with Crippen LogP contribution in [0.3, 0.4) is 0 Å². The van der Waals surface area contributed by atoms with E-state index in [2.05, 4.69) is 15.5 Å². The maximum Gasteiger partial charge on any atom is 0.179 e. The number of ether oxygens (including phenoxy) is 2. The van der Waals surface area contributed by atoms with Crippen molar-refractivity contribution >= 4 is 45.2 Å². The van der Waals surface area contributed by atoms with E-state index in [9.17, 15) is 8.42 Å². The third-order valence-corrected chi connectivity index (χ3v) is 6.64. The van der Waals surface area contributed by atoms with E-state index in [1.165, 1.54) is 13.4 Å². The average molecular weight is 490 g/mol. The molecule has 2 aromatic rings. The first kappa shape index (κ1) is 25.4. The summed E-state index contributed by atoms with van der Waals surface area (Å²) in [6, 6.07) is 8.76. The predicted octanol–water partition coefficient (Wildman–Crippen LogP) is 3.77. The number of sulfone groups is 1.